The Morgan fingerprint density at radius 3 is 2.21 bits per heavy atom. The lowest BCUT2D eigenvalue weighted by atomic mass is 10.2. The maximum absolute atomic E-state index is 13.1. The van der Waals surface area contributed by atoms with E-state index in [0.29, 0.717) is 5.69 Å². The molecule has 0 heterocycles. The molecular formula is C22H17Cl2F3N2O3S. The van der Waals surface area contributed by atoms with Crippen LogP contribution in [0.4, 0.5) is 24.5 Å². The molecule has 0 unspecified atom stereocenters. The predicted molar refractivity (Wildman–Crippen MR) is 122 cm³/mol. The van der Waals surface area contributed by atoms with Crippen LogP contribution in [0.3, 0.4) is 0 Å². The SMILES string of the molecule is Cc1c(NCC(=O)Nc2cc(C(F)(F)F)ccc2Cl)ccc(Cl)c1S(=O)(=O)c1ccccc1. The van der Waals surface area contributed by atoms with Gasteiger partial charge in [0.05, 0.1) is 37.6 Å². The zero-order chi connectivity index (χ0) is 24.4. The van der Waals surface area contributed by atoms with Crippen molar-refractivity contribution >= 4 is 50.3 Å². The maximum atomic E-state index is 13.1. The van der Waals surface area contributed by atoms with E-state index in [0.717, 1.165) is 18.2 Å². The summed E-state index contributed by atoms with van der Waals surface area (Å²) in [5.41, 5.74) is -0.548. The highest BCUT2D eigenvalue weighted by Gasteiger charge is 2.31. The number of carbonyl (C=O) groups is 1. The van der Waals surface area contributed by atoms with Crippen molar-refractivity contribution in [3.05, 3.63) is 81.8 Å². The van der Waals surface area contributed by atoms with Gasteiger partial charge in [-0.05, 0) is 55.0 Å². The predicted octanol–water partition coefficient (Wildman–Crippen LogP) is 6.20. The van der Waals surface area contributed by atoms with Crippen molar-refractivity contribution in [3.63, 3.8) is 0 Å². The molecule has 3 aromatic rings. The molecule has 0 radical (unpaired) electrons. The third-order valence-corrected chi connectivity index (χ3v) is 7.40. The number of sulfone groups is 1. The van der Waals surface area contributed by atoms with Crippen molar-refractivity contribution in [2.45, 2.75) is 22.9 Å². The summed E-state index contributed by atoms with van der Waals surface area (Å²) in [5, 5.41) is 5.06. The van der Waals surface area contributed by atoms with Crippen molar-refractivity contribution in [1.82, 2.24) is 0 Å². The highest BCUT2D eigenvalue weighted by molar-refractivity contribution is 7.91. The number of halogens is 5. The van der Waals surface area contributed by atoms with E-state index < -0.39 is 27.5 Å². The molecule has 5 nitrogen and oxygen atoms in total. The first-order valence-corrected chi connectivity index (χ1v) is 11.6. The van der Waals surface area contributed by atoms with Crippen LogP contribution in [0.2, 0.25) is 10.0 Å². The van der Waals surface area contributed by atoms with Gasteiger partial charge >= 0.3 is 6.18 Å². The van der Waals surface area contributed by atoms with Crippen LogP contribution in [0.1, 0.15) is 11.1 Å². The summed E-state index contributed by atoms with van der Waals surface area (Å²) in [6.07, 6.45) is -4.59. The number of alkyl halides is 3. The van der Waals surface area contributed by atoms with Gasteiger partial charge in [0.15, 0.2) is 0 Å². The van der Waals surface area contributed by atoms with Crippen molar-refractivity contribution in [3.8, 4) is 0 Å². The molecule has 0 bridgehead atoms. The number of hydrogen-bond acceptors (Lipinski definition) is 4. The molecule has 174 valence electrons. The van der Waals surface area contributed by atoms with Crippen LogP contribution in [0.25, 0.3) is 0 Å². The summed E-state index contributed by atoms with van der Waals surface area (Å²) in [7, 11) is -3.93. The fourth-order valence-corrected chi connectivity index (χ4v) is 5.33. The van der Waals surface area contributed by atoms with Crippen LogP contribution >= 0.6 is 23.2 Å². The summed E-state index contributed by atoms with van der Waals surface area (Å²) in [5.74, 6) is -0.682. The number of benzene rings is 3. The second kappa shape index (κ2) is 9.62. The molecule has 3 aromatic carbocycles. The minimum absolute atomic E-state index is 0.0158. The van der Waals surface area contributed by atoms with Crippen LogP contribution in [0, 0.1) is 6.92 Å². The fourth-order valence-electron chi connectivity index (χ4n) is 3.06. The van der Waals surface area contributed by atoms with Crippen LogP contribution in [0.15, 0.2) is 70.5 Å². The zero-order valence-corrected chi connectivity index (χ0v) is 19.3. The first-order chi connectivity index (χ1) is 15.4. The minimum Gasteiger partial charge on any atom is -0.376 e. The lowest BCUT2D eigenvalue weighted by Crippen LogP contribution is -2.23. The molecule has 0 aliphatic heterocycles. The first kappa shape index (κ1) is 24.9. The molecule has 2 N–H and O–H groups in total. The number of hydrogen-bond donors (Lipinski definition) is 2. The smallest absolute Gasteiger partial charge is 0.376 e. The summed E-state index contributed by atoms with van der Waals surface area (Å²) < 4.78 is 64.9. The Hall–Kier alpha value is -2.75. The van der Waals surface area contributed by atoms with E-state index in [1.54, 1.807) is 18.2 Å². The number of carbonyl (C=O) groups excluding carboxylic acids is 1. The summed E-state index contributed by atoms with van der Waals surface area (Å²) in [4.78, 5) is 12.3. The Morgan fingerprint density at radius 2 is 1.58 bits per heavy atom. The number of nitrogens with one attached hydrogen (secondary N) is 2. The number of amides is 1. The molecule has 0 fully saturated rings. The number of rotatable bonds is 6. The second-order valence-electron chi connectivity index (χ2n) is 6.96. The van der Waals surface area contributed by atoms with Gasteiger partial charge in [0.1, 0.15) is 0 Å². The normalized spacial score (nSPS) is 11.8. The molecule has 0 aliphatic carbocycles. The topological polar surface area (TPSA) is 75.3 Å². The Balaban J connectivity index is 1.81. The van der Waals surface area contributed by atoms with Crippen molar-refractivity contribution in [1.29, 1.82) is 0 Å². The molecule has 33 heavy (non-hydrogen) atoms. The molecular weight excluding hydrogens is 500 g/mol. The number of anilines is 2. The Kier molecular flexibility index (Phi) is 7.26. The van der Waals surface area contributed by atoms with E-state index in [9.17, 15) is 26.4 Å². The second-order valence-corrected chi connectivity index (χ2v) is 9.66. The Bertz CT molecular complexity index is 1300. The van der Waals surface area contributed by atoms with Gasteiger partial charge in [-0.2, -0.15) is 13.2 Å². The molecule has 0 saturated heterocycles. The zero-order valence-electron chi connectivity index (χ0n) is 17.0. The maximum Gasteiger partial charge on any atom is 0.416 e. The van der Waals surface area contributed by atoms with Gasteiger partial charge in [0, 0.05) is 5.69 Å². The summed E-state index contributed by atoms with van der Waals surface area (Å²) in [6, 6.07) is 13.2. The monoisotopic (exact) mass is 516 g/mol. The summed E-state index contributed by atoms with van der Waals surface area (Å²) in [6.45, 7) is 1.17. The van der Waals surface area contributed by atoms with Crippen molar-refractivity contribution in [2.75, 3.05) is 17.2 Å². The van der Waals surface area contributed by atoms with Gasteiger partial charge < -0.3 is 10.6 Å². The van der Waals surface area contributed by atoms with E-state index in [4.69, 9.17) is 23.2 Å². The van der Waals surface area contributed by atoms with Gasteiger partial charge in [-0.3, -0.25) is 4.79 Å². The van der Waals surface area contributed by atoms with Gasteiger partial charge in [-0.25, -0.2) is 8.42 Å². The van der Waals surface area contributed by atoms with Crippen molar-refractivity contribution in [2.24, 2.45) is 0 Å². The highest BCUT2D eigenvalue weighted by atomic mass is 35.5. The van der Waals surface area contributed by atoms with Crippen LogP contribution < -0.4 is 10.6 Å². The van der Waals surface area contributed by atoms with Gasteiger partial charge in [-0.15, -0.1) is 0 Å². The average Bonchev–Trinajstić information content (AvgIpc) is 2.74. The standard InChI is InChI=1S/C22H17Cl2F3N2O3S/c1-13-18(10-9-17(24)21(13)33(31,32)15-5-3-2-4-6-15)28-12-20(30)29-19-11-14(22(25,26)27)7-8-16(19)23/h2-11,28H,12H2,1H3,(H,29,30). The molecule has 0 aromatic heterocycles. The highest BCUT2D eigenvalue weighted by Crippen LogP contribution is 2.35. The van der Waals surface area contributed by atoms with Gasteiger partial charge in [0.25, 0.3) is 0 Å². The van der Waals surface area contributed by atoms with Crippen LogP contribution in [0.5, 0.6) is 0 Å². The molecule has 0 saturated carbocycles. The third kappa shape index (κ3) is 5.61. The quantitative estimate of drug-likeness (QED) is 0.408. The lowest BCUT2D eigenvalue weighted by Gasteiger charge is -2.16. The fraction of sp³-hybridized carbons (Fsp3) is 0.136. The van der Waals surface area contributed by atoms with Crippen molar-refractivity contribution < 1.29 is 26.4 Å². The van der Waals surface area contributed by atoms with E-state index >= 15 is 0 Å². The largest absolute Gasteiger partial charge is 0.416 e. The van der Waals surface area contributed by atoms with E-state index in [1.165, 1.54) is 31.2 Å². The molecule has 0 aliphatic rings. The van der Waals surface area contributed by atoms with Gasteiger partial charge in [-0.1, -0.05) is 41.4 Å². The molecule has 3 rings (SSSR count). The van der Waals surface area contributed by atoms with E-state index in [2.05, 4.69) is 10.6 Å². The molecule has 1 amide bonds. The molecule has 11 heteroatoms. The van der Waals surface area contributed by atoms with E-state index in [1.807, 2.05) is 0 Å². The van der Waals surface area contributed by atoms with Crippen LogP contribution in [-0.2, 0) is 20.8 Å². The molecule has 0 spiro atoms. The average molecular weight is 517 g/mol. The molecule has 0 atom stereocenters. The minimum atomic E-state index is -4.59. The van der Waals surface area contributed by atoms with E-state index in [-0.39, 0.29) is 37.6 Å². The van der Waals surface area contributed by atoms with Gasteiger partial charge in [0.2, 0.25) is 15.7 Å². The Morgan fingerprint density at radius 1 is 0.939 bits per heavy atom. The first-order valence-electron chi connectivity index (χ1n) is 9.41. The summed E-state index contributed by atoms with van der Waals surface area (Å²) >= 11 is 12.1. The van der Waals surface area contributed by atoms with Crippen LogP contribution in [-0.4, -0.2) is 20.9 Å². The third-order valence-electron chi connectivity index (χ3n) is 4.69. The Labute approximate surface area is 198 Å². The lowest BCUT2D eigenvalue weighted by molar-refractivity contribution is -0.137.